The standard InChI is InChI=1S/C23H31BrFN3O4SSi/c1-22(16-11-14(24)5-8-17(16)25)18-12-23(18,19(29)26-15-6-7-15)33-20(27-22)28(21(30)31)13-32-9-10-34(2,3)4/h5,8,11,15,18H,6-7,9-10,12-13H2,1-4H3,(H,26,29)(H,30,31)/t18?,22-,23+/m1/s1. The molecule has 0 bridgehead atoms. The molecule has 0 saturated heterocycles. The number of benzene rings is 1. The fraction of sp³-hybridized carbons (Fsp3) is 0.609. The molecule has 1 aliphatic heterocycles. The molecule has 1 aromatic rings. The monoisotopic (exact) mass is 571 g/mol. The summed E-state index contributed by atoms with van der Waals surface area (Å²) in [5.41, 5.74) is -0.753. The van der Waals surface area contributed by atoms with Gasteiger partial charge in [0, 0.05) is 36.7 Å². The van der Waals surface area contributed by atoms with Gasteiger partial charge in [-0.15, -0.1) is 0 Å². The van der Waals surface area contributed by atoms with Crippen LogP contribution in [0.4, 0.5) is 9.18 Å². The van der Waals surface area contributed by atoms with E-state index < -0.39 is 30.3 Å². The van der Waals surface area contributed by atoms with E-state index >= 15 is 4.39 Å². The number of ether oxygens (including phenoxy) is 1. The number of carbonyl (C=O) groups is 2. The lowest BCUT2D eigenvalue weighted by Gasteiger charge is -2.36. The van der Waals surface area contributed by atoms with E-state index in [2.05, 4.69) is 40.9 Å². The number of fused-ring (bicyclic) bond motifs is 1. The second-order valence-electron chi connectivity index (χ2n) is 10.7. The van der Waals surface area contributed by atoms with Gasteiger partial charge in [-0.1, -0.05) is 47.3 Å². The summed E-state index contributed by atoms with van der Waals surface area (Å²) in [5, 5.41) is 13.2. The van der Waals surface area contributed by atoms with Crippen molar-refractivity contribution in [3.63, 3.8) is 0 Å². The van der Waals surface area contributed by atoms with Crippen LogP contribution in [0.5, 0.6) is 0 Å². The first kappa shape index (κ1) is 25.7. The third-order valence-corrected chi connectivity index (χ3v) is 10.3. The molecular weight excluding hydrogens is 541 g/mol. The second-order valence-corrected chi connectivity index (χ2v) is 18.6. The highest BCUT2D eigenvalue weighted by atomic mass is 79.9. The molecule has 2 aliphatic carbocycles. The highest BCUT2D eigenvalue weighted by Crippen LogP contribution is 2.67. The van der Waals surface area contributed by atoms with Gasteiger partial charge in [-0.2, -0.15) is 0 Å². The first-order valence-corrected chi connectivity index (χ1v) is 16.8. The van der Waals surface area contributed by atoms with E-state index in [1.807, 2.05) is 0 Å². The number of carbonyl (C=O) groups excluding carboxylic acids is 1. The Hall–Kier alpha value is -1.43. The summed E-state index contributed by atoms with van der Waals surface area (Å²) in [4.78, 5) is 31.4. The van der Waals surface area contributed by atoms with Crippen molar-refractivity contribution in [3.8, 4) is 0 Å². The lowest BCUT2D eigenvalue weighted by Crippen LogP contribution is -2.48. The summed E-state index contributed by atoms with van der Waals surface area (Å²) >= 11 is 4.58. The van der Waals surface area contributed by atoms with E-state index in [1.165, 1.54) is 17.8 Å². The molecule has 11 heteroatoms. The number of nitrogens with one attached hydrogen (secondary N) is 1. The number of thioether (sulfide) groups is 1. The van der Waals surface area contributed by atoms with Crippen molar-refractivity contribution in [2.24, 2.45) is 10.9 Å². The summed E-state index contributed by atoms with van der Waals surface area (Å²) in [6.07, 6.45) is 1.17. The van der Waals surface area contributed by atoms with Gasteiger partial charge in [0.15, 0.2) is 5.17 Å². The van der Waals surface area contributed by atoms with Crippen LogP contribution in [0.1, 0.15) is 31.7 Å². The van der Waals surface area contributed by atoms with Crippen LogP contribution in [0.25, 0.3) is 0 Å². The van der Waals surface area contributed by atoms with Crippen molar-refractivity contribution in [1.82, 2.24) is 10.2 Å². The van der Waals surface area contributed by atoms with Gasteiger partial charge in [0.2, 0.25) is 5.91 Å². The van der Waals surface area contributed by atoms with Crippen LogP contribution in [0, 0.1) is 11.7 Å². The maximum absolute atomic E-state index is 15.0. The topological polar surface area (TPSA) is 91.2 Å². The number of rotatable bonds is 8. The fourth-order valence-corrected chi connectivity index (χ4v) is 6.97. The number of hydrogen-bond acceptors (Lipinski definition) is 5. The molecule has 1 unspecified atom stereocenters. The van der Waals surface area contributed by atoms with Crippen molar-refractivity contribution in [2.75, 3.05) is 13.3 Å². The van der Waals surface area contributed by atoms with Crippen molar-refractivity contribution >= 4 is 52.9 Å². The normalized spacial score (nSPS) is 28.1. The fourth-order valence-electron chi connectivity index (χ4n) is 4.28. The number of halogens is 2. The summed E-state index contributed by atoms with van der Waals surface area (Å²) in [5.74, 6) is -0.805. The van der Waals surface area contributed by atoms with Crippen LogP contribution in [0.15, 0.2) is 27.7 Å². The Morgan fingerprint density at radius 1 is 1.38 bits per heavy atom. The molecule has 0 aromatic heterocycles. The first-order chi connectivity index (χ1) is 15.9. The molecule has 0 radical (unpaired) electrons. The number of hydrogen-bond donors (Lipinski definition) is 2. The molecule has 0 spiro atoms. The molecule has 186 valence electrons. The van der Waals surface area contributed by atoms with E-state index in [4.69, 9.17) is 9.73 Å². The van der Waals surface area contributed by atoms with Crippen LogP contribution in [0.3, 0.4) is 0 Å². The van der Waals surface area contributed by atoms with Crippen molar-refractivity contribution in [1.29, 1.82) is 0 Å². The third kappa shape index (κ3) is 5.22. The van der Waals surface area contributed by atoms with Gasteiger partial charge < -0.3 is 15.2 Å². The van der Waals surface area contributed by atoms with Gasteiger partial charge in [-0.05, 0) is 50.4 Å². The van der Waals surface area contributed by atoms with Crippen LogP contribution in [-0.2, 0) is 15.1 Å². The Kier molecular flexibility index (Phi) is 6.95. The Morgan fingerprint density at radius 3 is 2.71 bits per heavy atom. The minimum Gasteiger partial charge on any atom is -0.465 e. The summed E-state index contributed by atoms with van der Waals surface area (Å²) in [6, 6.07) is 5.71. The zero-order valence-corrected chi connectivity index (χ0v) is 23.3. The molecule has 1 aromatic carbocycles. The lowest BCUT2D eigenvalue weighted by molar-refractivity contribution is -0.121. The van der Waals surface area contributed by atoms with Crippen LogP contribution < -0.4 is 5.32 Å². The number of nitrogens with zero attached hydrogens (tertiary/aromatic N) is 2. The van der Waals surface area contributed by atoms with E-state index in [-0.39, 0.29) is 29.8 Å². The average molecular weight is 573 g/mol. The Morgan fingerprint density at radius 2 is 2.09 bits per heavy atom. The van der Waals surface area contributed by atoms with Crippen molar-refractivity contribution in [2.45, 2.75) is 68.2 Å². The van der Waals surface area contributed by atoms with E-state index in [0.29, 0.717) is 23.1 Å². The van der Waals surface area contributed by atoms with E-state index in [0.717, 1.165) is 23.8 Å². The van der Waals surface area contributed by atoms with Gasteiger partial charge >= 0.3 is 6.09 Å². The van der Waals surface area contributed by atoms with Crippen LogP contribution >= 0.6 is 27.7 Å². The molecule has 2 N–H and O–H groups in total. The summed E-state index contributed by atoms with van der Waals surface area (Å²) in [6.45, 7) is 8.72. The predicted molar refractivity (Wildman–Crippen MR) is 137 cm³/mol. The molecule has 3 aliphatic rings. The van der Waals surface area contributed by atoms with Crippen molar-refractivity contribution < 1.29 is 23.8 Å². The number of aliphatic imine (C=N–C) groups is 1. The molecule has 4 rings (SSSR count). The summed E-state index contributed by atoms with van der Waals surface area (Å²) in [7, 11) is -1.34. The Balaban J connectivity index is 1.67. The molecule has 34 heavy (non-hydrogen) atoms. The highest BCUT2D eigenvalue weighted by Gasteiger charge is 2.71. The number of carboxylic acid groups (broad SMARTS) is 1. The van der Waals surface area contributed by atoms with E-state index in [1.54, 1.807) is 19.1 Å². The quantitative estimate of drug-likeness (QED) is 0.253. The molecule has 3 atom stereocenters. The SMILES string of the molecule is C[C@]1(c2cc(Br)ccc2F)N=C(N(COCC[Si](C)(C)C)C(=O)O)S[C@@]2(C(=O)NC3CC3)CC21. The largest absolute Gasteiger partial charge is 0.465 e. The van der Waals surface area contributed by atoms with Crippen LogP contribution in [-0.4, -0.2) is 59.4 Å². The van der Waals surface area contributed by atoms with Gasteiger partial charge in [0.1, 0.15) is 17.3 Å². The Labute approximate surface area is 213 Å². The van der Waals surface area contributed by atoms with Gasteiger partial charge in [-0.25, -0.2) is 14.1 Å². The second kappa shape index (κ2) is 9.22. The zero-order chi connectivity index (χ0) is 24.9. The Bertz CT molecular complexity index is 1030. The molecule has 2 saturated carbocycles. The zero-order valence-electron chi connectivity index (χ0n) is 19.9. The third-order valence-electron chi connectivity index (χ3n) is 6.64. The lowest BCUT2D eigenvalue weighted by atomic mass is 9.85. The molecule has 2 amide bonds. The number of amidine groups is 1. The maximum Gasteiger partial charge on any atom is 0.415 e. The minimum atomic E-state index is -1.34. The van der Waals surface area contributed by atoms with Crippen LogP contribution in [0.2, 0.25) is 25.7 Å². The smallest absolute Gasteiger partial charge is 0.415 e. The molecule has 1 heterocycles. The highest BCUT2D eigenvalue weighted by molar-refractivity contribution is 9.10. The number of amides is 2. The molecule has 2 fully saturated rings. The summed E-state index contributed by atoms with van der Waals surface area (Å²) < 4.78 is 20.6. The van der Waals surface area contributed by atoms with Gasteiger partial charge in [0.05, 0.1) is 5.54 Å². The molecular formula is C23H31BrFN3O4SSi. The first-order valence-electron chi connectivity index (χ1n) is 11.5. The van der Waals surface area contributed by atoms with Gasteiger partial charge in [0.25, 0.3) is 0 Å². The average Bonchev–Trinajstić information content (AvgIpc) is 3.64. The predicted octanol–water partition coefficient (Wildman–Crippen LogP) is 5.24. The maximum atomic E-state index is 15.0. The van der Waals surface area contributed by atoms with Crippen molar-refractivity contribution in [3.05, 3.63) is 34.1 Å². The minimum absolute atomic E-state index is 0.121. The molecule has 7 nitrogen and oxygen atoms in total. The van der Waals surface area contributed by atoms with E-state index in [9.17, 15) is 14.7 Å². The van der Waals surface area contributed by atoms with Gasteiger partial charge in [-0.3, -0.25) is 9.79 Å².